The van der Waals surface area contributed by atoms with Gasteiger partial charge in [0.15, 0.2) is 0 Å². The van der Waals surface area contributed by atoms with E-state index in [4.69, 9.17) is 10.2 Å². The van der Waals surface area contributed by atoms with Crippen LogP contribution in [0, 0.1) is 12.3 Å². The molecule has 1 atom stereocenters. The minimum Gasteiger partial charge on any atom is -0.481 e. The Morgan fingerprint density at radius 2 is 1.85 bits per heavy atom. The van der Waals surface area contributed by atoms with Crippen molar-refractivity contribution in [3.8, 4) is 0 Å². The van der Waals surface area contributed by atoms with E-state index in [2.05, 4.69) is 5.10 Å². The van der Waals surface area contributed by atoms with Crippen molar-refractivity contribution in [2.24, 2.45) is 10.5 Å². The maximum absolute atomic E-state index is 11.3. The van der Waals surface area contributed by atoms with Crippen molar-refractivity contribution in [3.63, 3.8) is 0 Å². The van der Waals surface area contributed by atoms with Crippen LogP contribution in [0.4, 0.5) is 5.69 Å². The fraction of sp³-hybridized carbons (Fsp3) is 0.263. The van der Waals surface area contributed by atoms with Gasteiger partial charge >= 0.3 is 11.9 Å². The number of carboxylic acids is 2. The zero-order chi connectivity index (χ0) is 19.3. The Hall–Kier alpha value is -3.22. The third-order valence-corrected chi connectivity index (χ3v) is 4.06. The third-order valence-electron chi connectivity index (χ3n) is 4.06. The fourth-order valence-electron chi connectivity index (χ4n) is 2.43. The summed E-state index contributed by atoms with van der Waals surface area (Å²) >= 11 is 0. The molecule has 26 heavy (non-hydrogen) atoms. The lowest BCUT2D eigenvalue weighted by Gasteiger charge is -2.23. The molecular weight excluding hydrogens is 336 g/mol. The summed E-state index contributed by atoms with van der Waals surface area (Å²) in [5.74, 6) is -2.03. The molecule has 1 amide bonds. The number of benzene rings is 1. The third kappa shape index (κ3) is 4.44. The number of rotatable bonds is 3. The van der Waals surface area contributed by atoms with Crippen LogP contribution in [0.5, 0.6) is 0 Å². The van der Waals surface area contributed by atoms with Gasteiger partial charge in [0.2, 0.25) is 0 Å². The molecule has 2 aliphatic rings. The molecule has 0 spiro atoms. The number of aliphatic carboxylic acids is 2. The van der Waals surface area contributed by atoms with Crippen LogP contribution in [0.25, 0.3) is 0 Å². The summed E-state index contributed by atoms with van der Waals surface area (Å²) in [6, 6.07) is 7.73. The molecule has 1 heterocycles. The van der Waals surface area contributed by atoms with Crippen LogP contribution in [-0.4, -0.2) is 34.3 Å². The van der Waals surface area contributed by atoms with Crippen LogP contribution in [0.2, 0.25) is 0 Å². The van der Waals surface area contributed by atoms with Gasteiger partial charge in [-0.15, -0.1) is 0 Å². The number of carboxylic acid groups (broad SMARTS) is 2. The van der Waals surface area contributed by atoms with Gasteiger partial charge in [-0.2, -0.15) is 5.10 Å². The second kappa shape index (κ2) is 7.77. The lowest BCUT2D eigenvalue weighted by Crippen LogP contribution is -2.28. The Kier molecular flexibility index (Phi) is 5.71. The first kappa shape index (κ1) is 19.1. The van der Waals surface area contributed by atoms with E-state index in [0.717, 1.165) is 5.69 Å². The van der Waals surface area contributed by atoms with Gasteiger partial charge in [-0.05, 0) is 32.4 Å². The summed E-state index contributed by atoms with van der Waals surface area (Å²) in [7, 11) is 0. The van der Waals surface area contributed by atoms with Crippen LogP contribution < -0.4 is 5.01 Å². The molecule has 1 aromatic carbocycles. The van der Waals surface area contributed by atoms with Gasteiger partial charge in [-0.3, -0.25) is 9.59 Å². The summed E-state index contributed by atoms with van der Waals surface area (Å²) < 4.78 is 0. The smallest absolute Gasteiger partial charge is 0.331 e. The van der Waals surface area contributed by atoms with Crippen LogP contribution in [0.15, 0.2) is 53.2 Å². The normalized spacial score (nSPS) is 21.1. The molecule has 1 aromatic rings. The average molecular weight is 356 g/mol. The van der Waals surface area contributed by atoms with Crippen LogP contribution >= 0.6 is 0 Å². The highest BCUT2D eigenvalue weighted by Gasteiger charge is 2.34. The van der Waals surface area contributed by atoms with Gasteiger partial charge in [-0.1, -0.05) is 35.9 Å². The largest absolute Gasteiger partial charge is 0.481 e. The lowest BCUT2D eigenvalue weighted by molar-refractivity contribution is -0.145. The van der Waals surface area contributed by atoms with Gasteiger partial charge in [-0.25, -0.2) is 9.80 Å². The van der Waals surface area contributed by atoms with Crippen molar-refractivity contribution in [1.82, 2.24) is 0 Å². The molecule has 1 unspecified atom stereocenters. The highest BCUT2D eigenvalue weighted by atomic mass is 16.4. The van der Waals surface area contributed by atoms with Crippen LogP contribution in [0.3, 0.4) is 0 Å². The number of hydrogen-bond acceptors (Lipinski definition) is 4. The minimum atomic E-state index is -1.08. The van der Waals surface area contributed by atoms with Crippen LogP contribution in [-0.2, 0) is 14.4 Å². The summed E-state index contributed by atoms with van der Waals surface area (Å²) in [6.07, 6.45) is 6.47. The molecule has 0 aromatic heterocycles. The fourth-order valence-corrected chi connectivity index (χ4v) is 2.43. The first-order chi connectivity index (χ1) is 12.2. The molecule has 7 heteroatoms. The predicted octanol–water partition coefficient (Wildman–Crippen LogP) is 2.77. The number of allylic oxidation sites excluding steroid dienone is 2. The van der Waals surface area contributed by atoms with Crippen molar-refractivity contribution in [1.29, 1.82) is 0 Å². The van der Waals surface area contributed by atoms with Gasteiger partial charge < -0.3 is 10.2 Å². The van der Waals surface area contributed by atoms with E-state index in [1.54, 1.807) is 6.21 Å². The molecule has 136 valence electrons. The van der Waals surface area contributed by atoms with Gasteiger partial charge in [0.1, 0.15) is 0 Å². The molecule has 1 aliphatic heterocycles. The summed E-state index contributed by atoms with van der Waals surface area (Å²) in [4.78, 5) is 32.6. The van der Waals surface area contributed by atoms with E-state index in [0.29, 0.717) is 6.42 Å². The number of carbonyl (C=O) groups excluding carboxylic acids is 1. The quantitative estimate of drug-likeness (QED) is 0.866. The Morgan fingerprint density at radius 3 is 2.35 bits per heavy atom. The van der Waals surface area contributed by atoms with E-state index in [-0.39, 0.29) is 17.9 Å². The predicted molar refractivity (Wildman–Crippen MR) is 97.0 cm³/mol. The molecular formula is C19H20N2O5. The zero-order valence-electron chi connectivity index (χ0n) is 14.5. The molecule has 7 nitrogen and oxygen atoms in total. The zero-order valence-corrected chi connectivity index (χ0v) is 14.5. The standard InChI is InChI=1S/C10H10N2O.C9H10O4/c1-8-2-4-9(5-3-8)12-10(13)6-7-11-12;1-9(8(12)13)4-2-3-6(5-9)7(10)11/h2-5,7H,6H2,1H3;2-4H,5H2,1H3,(H,10,11)(H,12,13). The first-order valence-electron chi connectivity index (χ1n) is 8.00. The molecule has 0 saturated heterocycles. The Morgan fingerprint density at radius 1 is 1.19 bits per heavy atom. The van der Waals surface area contributed by atoms with Gasteiger partial charge in [0, 0.05) is 11.8 Å². The number of hydrazone groups is 1. The van der Waals surface area contributed by atoms with Crippen molar-refractivity contribution >= 4 is 29.7 Å². The number of nitrogens with zero attached hydrogens (tertiary/aromatic N) is 2. The first-order valence-corrected chi connectivity index (χ1v) is 8.00. The van der Waals surface area contributed by atoms with Gasteiger partial charge in [0.25, 0.3) is 5.91 Å². The topological polar surface area (TPSA) is 107 Å². The SMILES string of the molecule is CC1(C(=O)O)C=CC=C(C(=O)O)C1.Cc1ccc(N2N=CCC2=O)cc1. The summed E-state index contributed by atoms with van der Waals surface area (Å²) in [6.45, 7) is 3.51. The van der Waals surface area contributed by atoms with E-state index in [1.807, 2.05) is 31.2 Å². The summed E-state index contributed by atoms with van der Waals surface area (Å²) in [5.41, 5.74) is 1.07. The highest BCUT2D eigenvalue weighted by molar-refractivity contribution is 6.05. The van der Waals surface area contributed by atoms with E-state index in [9.17, 15) is 14.4 Å². The molecule has 1 aliphatic carbocycles. The van der Waals surface area contributed by atoms with E-state index < -0.39 is 17.4 Å². The van der Waals surface area contributed by atoms with Crippen molar-refractivity contribution in [2.45, 2.75) is 26.7 Å². The Labute approximate surface area is 150 Å². The highest BCUT2D eigenvalue weighted by Crippen LogP contribution is 2.31. The minimum absolute atomic E-state index is 0.0313. The molecule has 3 rings (SSSR count). The maximum atomic E-state index is 11.3. The Balaban J connectivity index is 0.000000187. The van der Waals surface area contributed by atoms with E-state index >= 15 is 0 Å². The van der Waals surface area contributed by atoms with Crippen molar-refractivity contribution in [3.05, 3.63) is 53.6 Å². The van der Waals surface area contributed by atoms with Crippen molar-refractivity contribution in [2.75, 3.05) is 5.01 Å². The number of anilines is 1. The number of aryl methyl sites for hydroxylation is 1. The second-order valence-electron chi connectivity index (χ2n) is 6.30. The molecule has 0 fully saturated rings. The lowest BCUT2D eigenvalue weighted by atomic mass is 9.80. The Bertz CT molecular complexity index is 808. The summed E-state index contributed by atoms with van der Waals surface area (Å²) in [5, 5.41) is 22.9. The molecule has 2 N–H and O–H groups in total. The maximum Gasteiger partial charge on any atom is 0.331 e. The molecule has 0 radical (unpaired) electrons. The molecule has 0 saturated carbocycles. The van der Waals surface area contributed by atoms with Crippen LogP contribution in [0.1, 0.15) is 25.3 Å². The van der Waals surface area contributed by atoms with Crippen molar-refractivity contribution < 1.29 is 24.6 Å². The average Bonchev–Trinajstić information content (AvgIpc) is 3.02. The monoisotopic (exact) mass is 356 g/mol. The molecule has 0 bridgehead atoms. The second-order valence-corrected chi connectivity index (χ2v) is 6.30. The number of carbonyl (C=O) groups is 3. The van der Waals surface area contributed by atoms with Gasteiger partial charge in [0.05, 0.1) is 17.5 Å². The van der Waals surface area contributed by atoms with E-state index in [1.165, 1.54) is 35.7 Å². The number of hydrogen-bond donors (Lipinski definition) is 2. The number of amides is 1.